The number of rotatable bonds is 6. The average molecular weight is 320 g/mol. The Morgan fingerprint density at radius 3 is 2.59 bits per heavy atom. The molecule has 0 aliphatic carbocycles. The molecule has 0 saturated heterocycles. The van der Waals surface area contributed by atoms with Crippen molar-refractivity contribution in [3.05, 3.63) is 46.0 Å². The van der Waals surface area contributed by atoms with Gasteiger partial charge in [0.05, 0.1) is 4.92 Å². The Bertz CT molecular complexity index is 687. The molecule has 2 aromatic rings. The van der Waals surface area contributed by atoms with Crippen LogP contribution in [-0.2, 0) is 9.59 Å². The quantitative estimate of drug-likeness (QED) is 0.626. The van der Waals surface area contributed by atoms with Gasteiger partial charge in [-0.05, 0) is 6.07 Å². The number of amides is 2. The molecule has 0 aliphatic rings. The second-order valence-corrected chi connectivity index (χ2v) is 5.14. The fraction of sp³-hybridized carbons (Fsp3) is 0.154. The van der Waals surface area contributed by atoms with Gasteiger partial charge in [0.1, 0.15) is 0 Å². The van der Waals surface area contributed by atoms with Crippen molar-refractivity contribution in [1.29, 1.82) is 0 Å². The van der Waals surface area contributed by atoms with Gasteiger partial charge in [0, 0.05) is 42.2 Å². The van der Waals surface area contributed by atoms with Crippen molar-refractivity contribution in [3.63, 3.8) is 0 Å². The third-order valence-electron chi connectivity index (χ3n) is 2.60. The number of nitrogens with zero attached hydrogens (tertiary/aromatic N) is 2. The van der Waals surface area contributed by atoms with E-state index >= 15 is 0 Å². The largest absolute Gasteiger partial charge is 0.326 e. The molecule has 0 radical (unpaired) electrons. The van der Waals surface area contributed by atoms with E-state index in [0.717, 1.165) is 0 Å². The zero-order valence-corrected chi connectivity index (χ0v) is 12.1. The number of nitro benzene ring substituents is 1. The first-order valence-corrected chi connectivity index (χ1v) is 7.16. The second kappa shape index (κ2) is 7.27. The number of nitrogens with one attached hydrogen (secondary N) is 2. The second-order valence-electron chi connectivity index (χ2n) is 4.24. The van der Waals surface area contributed by atoms with Gasteiger partial charge in [0.15, 0.2) is 5.13 Å². The Balaban J connectivity index is 1.81. The smallest absolute Gasteiger partial charge is 0.271 e. The van der Waals surface area contributed by atoms with Gasteiger partial charge in [-0.3, -0.25) is 19.7 Å². The predicted octanol–water partition coefficient (Wildman–Crippen LogP) is 2.41. The SMILES string of the molecule is O=C(CCC(=O)Nc1nccs1)Nc1cccc([N+](=O)[O-])c1. The van der Waals surface area contributed by atoms with E-state index in [0.29, 0.717) is 10.8 Å². The van der Waals surface area contributed by atoms with Crippen molar-refractivity contribution in [2.45, 2.75) is 12.8 Å². The average Bonchev–Trinajstić information content (AvgIpc) is 2.98. The summed E-state index contributed by atoms with van der Waals surface area (Å²) in [5.74, 6) is -0.709. The Hall–Kier alpha value is -2.81. The molecular formula is C13H12N4O4S. The highest BCUT2D eigenvalue weighted by molar-refractivity contribution is 7.13. The standard InChI is InChI=1S/C13H12N4O4S/c18-11(4-5-12(19)16-13-14-6-7-22-13)15-9-2-1-3-10(8-9)17(20)21/h1-3,6-8H,4-5H2,(H,15,18)(H,14,16,19). The number of hydrogen-bond acceptors (Lipinski definition) is 6. The molecule has 0 fully saturated rings. The lowest BCUT2D eigenvalue weighted by Gasteiger charge is -2.05. The maximum atomic E-state index is 11.7. The molecule has 0 unspecified atom stereocenters. The van der Waals surface area contributed by atoms with Crippen LogP contribution in [0.4, 0.5) is 16.5 Å². The normalized spacial score (nSPS) is 10.0. The van der Waals surface area contributed by atoms with Gasteiger partial charge in [-0.1, -0.05) is 6.07 Å². The van der Waals surface area contributed by atoms with E-state index in [4.69, 9.17) is 0 Å². The van der Waals surface area contributed by atoms with Gasteiger partial charge >= 0.3 is 0 Å². The van der Waals surface area contributed by atoms with Crippen molar-refractivity contribution in [2.75, 3.05) is 10.6 Å². The highest BCUT2D eigenvalue weighted by Crippen LogP contribution is 2.17. The van der Waals surface area contributed by atoms with Crippen LogP contribution in [0.3, 0.4) is 0 Å². The van der Waals surface area contributed by atoms with Gasteiger partial charge in [0.2, 0.25) is 11.8 Å². The zero-order valence-electron chi connectivity index (χ0n) is 11.3. The summed E-state index contributed by atoms with van der Waals surface area (Å²) in [5.41, 5.74) is 0.207. The number of carbonyl (C=O) groups is 2. The number of thiazole rings is 1. The molecule has 1 aromatic heterocycles. The first-order valence-electron chi connectivity index (χ1n) is 6.28. The van der Waals surface area contributed by atoms with E-state index in [2.05, 4.69) is 15.6 Å². The highest BCUT2D eigenvalue weighted by Gasteiger charge is 2.10. The summed E-state index contributed by atoms with van der Waals surface area (Å²) < 4.78 is 0. The summed E-state index contributed by atoms with van der Waals surface area (Å²) in [7, 11) is 0. The zero-order chi connectivity index (χ0) is 15.9. The Morgan fingerprint density at radius 1 is 1.23 bits per heavy atom. The summed E-state index contributed by atoms with van der Waals surface area (Å²) in [6.07, 6.45) is 1.54. The Kier molecular flexibility index (Phi) is 5.15. The molecule has 2 amide bonds. The lowest BCUT2D eigenvalue weighted by molar-refractivity contribution is -0.384. The van der Waals surface area contributed by atoms with Crippen LogP contribution >= 0.6 is 11.3 Å². The minimum atomic E-state index is -0.545. The van der Waals surface area contributed by atoms with E-state index in [1.165, 1.54) is 29.5 Å². The maximum absolute atomic E-state index is 11.7. The predicted molar refractivity (Wildman–Crippen MR) is 81.7 cm³/mol. The molecule has 114 valence electrons. The van der Waals surface area contributed by atoms with Crippen LogP contribution in [-0.4, -0.2) is 21.7 Å². The molecule has 0 aliphatic heterocycles. The number of aromatic nitrogens is 1. The lowest BCUT2D eigenvalue weighted by Crippen LogP contribution is -2.17. The molecule has 2 rings (SSSR count). The van der Waals surface area contributed by atoms with E-state index in [1.54, 1.807) is 17.6 Å². The maximum Gasteiger partial charge on any atom is 0.271 e. The number of carbonyl (C=O) groups excluding carboxylic acids is 2. The van der Waals surface area contributed by atoms with Crippen molar-refractivity contribution in [3.8, 4) is 0 Å². The summed E-state index contributed by atoms with van der Waals surface area (Å²) in [5, 5.41) is 17.9. The minimum Gasteiger partial charge on any atom is -0.326 e. The third-order valence-corrected chi connectivity index (χ3v) is 3.29. The highest BCUT2D eigenvalue weighted by atomic mass is 32.1. The molecular weight excluding hydrogens is 308 g/mol. The van der Waals surface area contributed by atoms with Crippen LogP contribution < -0.4 is 10.6 Å². The van der Waals surface area contributed by atoms with Crippen molar-refractivity contribution < 1.29 is 14.5 Å². The number of nitro groups is 1. The van der Waals surface area contributed by atoms with Gasteiger partial charge in [0.25, 0.3) is 5.69 Å². The minimum absolute atomic E-state index is 0.000337. The van der Waals surface area contributed by atoms with Crippen molar-refractivity contribution in [2.24, 2.45) is 0 Å². The molecule has 8 nitrogen and oxygen atoms in total. The Morgan fingerprint density at radius 2 is 1.95 bits per heavy atom. The fourth-order valence-electron chi connectivity index (χ4n) is 1.61. The first-order chi connectivity index (χ1) is 10.5. The number of anilines is 2. The van der Waals surface area contributed by atoms with Crippen LogP contribution in [0.1, 0.15) is 12.8 Å². The van der Waals surface area contributed by atoms with Crippen LogP contribution in [0.2, 0.25) is 0 Å². The van der Waals surface area contributed by atoms with E-state index < -0.39 is 10.8 Å². The summed E-state index contributed by atoms with van der Waals surface area (Å²) in [6.45, 7) is 0. The van der Waals surface area contributed by atoms with E-state index in [9.17, 15) is 19.7 Å². The number of benzene rings is 1. The lowest BCUT2D eigenvalue weighted by atomic mass is 10.2. The van der Waals surface area contributed by atoms with Gasteiger partial charge in [-0.25, -0.2) is 4.98 Å². The van der Waals surface area contributed by atoms with Gasteiger partial charge in [-0.2, -0.15) is 0 Å². The van der Waals surface area contributed by atoms with Crippen molar-refractivity contribution in [1.82, 2.24) is 4.98 Å². The van der Waals surface area contributed by atoms with E-state index in [1.807, 2.05) is 0 Å². The van der Waals surface area contributed by atoms with Crippen LogP contribution in [0.5, 0.6) is 0 Å². The molecule has 9 heteroatoms. The van der Waals surface area contributed by atoms with Crippen molar-refractivity contribution >= 4 is 39.7 Å². The molecule has 2 N–H and O–H groups in total. The van der Waals surface area contributed by atoms with Crippen LogP contribution in [0, 0.1) is 10.1 Å². The summed E-state index contributed by atoms with van der Waals surface area (Å²) in [6, 6.07) is 5.61. The summed E-state index contributed by atoms with van der Waals surface area (Å²) in [4.78, 5) is 37.3. The molecule has 0 bridgehead atoms. The molecule has 1 aromatic carbocycles. The third kappa shape index (κ3) is 4.63. The molecule has 0 atom stereocenters. The topological polar surface area (TPSA) is 114 Å². The Labute approximate surface area is 129 Å². The van der Waals surface area contributed by atoms with Gasteiger partial charge in [-0.15, -0.1) is 11.3 Å². The number of non-ortho nitro benzene ring substituents is 1. The molecule has 22 heavy (non-hydrogen) atoms. The van der Waals surface area contributed by atoms with Gasteiger partial charge < -0.3 is 10.6 Å². The first kappa shape index (κ1) is 15.6. The number of hydrogen-bond donors (Lipinski definition) is 2. The fourth-order valence-corrected chi connectivity index (χ4v) is 2.16. The molecule has 0 saturated carbocycles. The van der Waals surface area contributed by atoms with Crippen LogP contribution in [0.25, 0.3) is 0 Å². The summed E-state index contributed by atoms with van der Waals surface area (Å²) >= 11 is 1.28. The van der Waals surface area contributed by atoms with Crippen LogP contribution in [0.15, 0.2) is 35.8 Å². The molecule has 1 heterocycles. The molecule has 0 spiro atoms. The van der Waals surface area contributed by atoms with E-state index in [-0.39, 0.29) is 24.4 Å². The monoisotopic (exact) mass is 320 g/mol.